The fourth-order valence-electron chi connectivity index (χ4n) is 1.97. The second-order valence-electron chi connectivity index (χ2n) is 5.79. The topological polar surface area (TPSA) is 49.8 Å². The van der Waals surface area contributed by atoms with Gasteiger partial charge in [0.25, 0.3) is 0 Å². The highest BCUT2D eigenvalue weighted by Gasteiger charge is 2.52. The monoisotopic (exact) mass is 279 g/mol. The van der Waals surface area contributed by atoms with Gasteiger partial charge < -0.3 is 18.8 Å². The Bertz CT molecular complexity index is 474. The maximum atomic E-state index is 6.03. The lowest BCUT2D eigenvalue weighted by molar-refractivity contribution is 0.00578. The highest BCUT2D eigenvalue weighted by molar-refractivity contribution is 6.63. The van der Waals surface area contributed by atoms with E-state index >= 15 is 0 Å². The van der Waals surface area contributed by atoms with Gasteiger partial charge >= 0.3 is 7.12 Å². The summed E-state index contributed by atoms with van der Waals surface area (Å²) in [7, 11) is 1.09. The summed E-state index contributed by atoms with van der Waals surface area (Å²) in [5, 5.41) is 0. The third kappa shape index (κ3) is 2.62. The molecule has 5 nitrogen and oxygen atoms in total. The van der Waals surface area contributed by atoms with E-state index in [9.17, 15) is 0 Å². The normalized spacial score (nSPS) is 20.0. The summed E-state index contributed by atoms with van der Waals surface area (Å²) < 4.78 is 22.8. The van der Waals surface area contributed by atoms with Crippen molar-refractivity contribution in [2.75, 3.05) is 13.7 Å². The first-order chi connectivity index (χ1) is 9.30. The molecule has 1 saturated heterocycles. The second-order valence-corrected chi connectivity index (χ2v) is 5.79. The second kappa shape index (κ2) is 5.26. The van der Waals surface area contributed by atoms with E-state index in [-0.39, 0.29) is 11.2 Å². The Labute approximate surface area is 120 Å². The number of hydrogen-bond acceptors (Lipinski definition) is 5. The quantitative estimate of drug-likeness (QED) is 0.786. The minimum atomic E-state index is -0.486. The van der Waals surface area contributed by atoms with Crippen LogP contribution >= 0.6 is 0 Å². The first-order valence-corrected chi connectivity index (χ1v) is 6.83. The van der Waals surface area contributed by atoms with Crippen LogP contribution in [0.25, 0.3) is 0 Å². The maximum Gasteiger partial charge on any atom is 0.500 e. The van der Waals surface area contributed by atoms with Crippen molar-refractivity contribution in [3.8, 4) is 11.6 Å². The average molecular weight is 279 g/mol. The molecule has 1 aliphatic heterocycles. The third-order valence-electron chi connectivity index (χ3n) is 3.89. The number of methoxy groups -OCH3 is 1. The first kappa shape index (κ1) is 15.1. The van der Waals surface area contributed by atoms with Crippen molar-refractivity contribution in [1.82, 2.24) is 4.98 Å². The zero-order valence-corrected chi connectivity index (χ0v) is 13.0. The Hall–Kier alpha value is -1.27. The molecule has 0 unspecified atom stereocenters. The van der Waals surface area contributed by atoms with Crippen LogP contribution in [-0.2, 0) is 9.31 Å². The van der Waals surface area contributed by atoms with E-state index in [2.05, 4.69) is 4.98 Å². The zero-order valence-electron chi connectivity index (χ0n) is 13.0. The summed E-state index contributed by atoms with van der Waals surface area (Å²) in [6.07, 6.45) is 1.69. The molecule has 110 valence electrons. The Morgan fingerprint density at radius 3 is 2.30 bits per heavy atom. The molecular formula is C14H22BNO4. The Morgan fingerprint density at radius 2 is 1.80 bits per heavy atom. The van der Waals surface area contributed by atoms with Crippen molar-refractivity contribution in [3.05, 3.63) is 12.3 Å². The van der Waals surface area contributed by atoms with Crippen LogP contribution in [0.5, 0.6) is 11.6 Å². The molecular weight excluding hydrogens is 257 g/mol. The lowest BCUT2D eigenvalue weighted by Crippen LogP contribution is -2.41. The zero-order chi connectivity index (χ0) is 15.0. The smallest absolute Gasteiger partial charge is 0.494 e. The van der Waals surface area contributed by atoms with Gasteiger partial charge in [-0.15, -0.1) is 0 Å². The number of pyridine rings is 1. The number of ether oxygens (including phenoxy) is 2. The van der Waals surface area contributed by atoms with Crippen LogP contribution in [0.2, 0.25) is 0 Å². The molecule has 1 aromatic rings. The highest BCUT2D eigenvalue weighted by atomic mass is 16.7. The van der Waals surface area contributed by atoms with Crippen LogP contribution in [-0.4, -0.2) is 37.0 Å². The third-order valence-corrected chi connectivity index (χ3v) is 3.89. The summed E-state index contributed by atoms with van der Waals surface area (Å²) in [4.78, 5) is 4.22. The van der Waals surface area contributed by atoms with Gasteiger partial charge in [-0.25, -0.2) is 4.98 Å². The standard InChI is InChI=1S/C14H22BNO4/c1-7-18-11-8-12(17-6)16-9-10(11)15-19-13(2,3)14(4,5)20-15/h8-9H,7H2,1-6H3. The van der Waals surface area contributed by atoms with E-state index in [1.165, 1.54) is 0 Å². The van der Waals surface area contributed by atoms with E-state index in [1.807, 2.05) is 34.6 Å². The number of aromatic nitrogens is 1. The lowest BCUT2D eigenvalue weighted by atomic mass is 9.79. The van der Waals surface area contributed by atoms with Crippen molar-refractivity contribution in [3.63, 3.8) is 0 Å². The fraction of sp³-hybridized carbons (Fsp3) is 0.643. The summed E-state index contributed by atoms with van der Waals surface area (Å²) in [6.45, 7) is 10.6. The number of nitrogens with zero attached hydrogens (tertiary/aromatic N) is 1. The molecule has 0 radical (unpaired) electrons. The average Bonchev–Trinajstić information content (AvgIpc) is 2.58. The van der Waals surface area contributed by atoms with Crippen molar-refractivity contribution in [2.24, 2.45) is 0 Å². The van der Waals surface area contributed by atoms with E-state index in [4.69, 9.17) is 18.8 Å². The highest BCUT2D eigenvalue weighted by Crippen LogP contribution is 2.37. The fourth-order valence-corrected chi connectivity index (χ4v) is 1.97. The van der Waals surface area contributed by atoms with Crippen LogP contribution in [0.3, 0.4) is 0 Å². The molecule has 6 heteroatoms. The molecule has 0 saturated carbocycles. The minimum absolute atomic E-state index is 0.388. The van der Waals surface area contributed by atoms with Crippen LogP contribution in [0.1, 0.15) is 34.6 Å². The molecule has 0 amide bonds. The predicted molar refractivity (Wildman–Crippen MR) is 77.7 cm³/mol. The summed E-state index contributed by atoms with van der Waals surface area (Å²) in [5.41, 5.74) is 0.00797. The molecule has 2 heterocycles. The van der Waals surface area contributed by atoms with Gasteiger partial charge in [-0.1, -0.05) is 0 Å². The van der Waals surface area contributed by atoms with Gasteiger partial charge in [-0.3, -0.25) is 0 Å². The number of rotatable bonds is 4. The summed E-state index contributed by atoms with van der Waals surface area (Å²) >= 11 is 0. The molecule has 0 aliphatic carbocycles. The molecule has 1 fully saturated rings. The molecule has 1 aliphatic rings. The van der Waals surface area contributed by atoms with Crippen molar-refractivity contribution in [1.29, 1.82) is 0 Å². The van der Waals surface area contributed by atoms with E-state index in [0.717, 1.165) is 5.46 Å². The van der Waals surface area contributed by atoms with Gasteiger partial charge in [0.15, 0.2) is 0 Å². The molecule has 0 bridgehead atoms. The van der Waals surface area contributed by atoms with Gasteiger partial charge in [-0.2, -0.15) is 0 Å². The SMILES string of the molecule is CCOc1cc(OC)ncc1B1OC(C)(C)C(C)(C)O1. The lowest BCUT2D eigenvalue weighted by Gasteiger charge is -2.32. The maximum absolute atomic E-state index is 6.03. The van der Waals surface area contributed by atoms with E-state index < -0.39 is 7.12 Å². The van der Waals surface area contributed by atoms with Gasteiger partial charge in [0.05, 0.1) is 24.9 Å². The molecule has 2 rings (SSSR count). The van der Waals surface area contributed by atoms with Crippen molar-refractivity contribution in [2.45, 2.75) is 45.8 Å². The van der Waals surface area contributed by atoms with Gasteiger partial charge in [0.1, 0.15) is 5.75 Å². The minimum Gasteiger partial charge on any atom is -0.494 e. The van der Waals surface area contributed by atoms with Gasteiger partial charge in [0.2, 0.25) is 5.88 Å². The van der Waals surface area contributed by atoms with E-state index in [1.54, 1.807) is 19.4 Å². The molecule has 0 N–H and O–H groups in total. The van der Waals surface area contributed by atoms with Crippen LogP contribution < -0.4 is 14.9 Å². The van der Waals surface area contributed by atoms with Gasteiger partial charge in [0, 0.05) is 17.7 Å². The van der Waals surface area contributed by atoms with Crippen molar-refractivity contribution < 1.29 is 18.8 Å². The molecule has 0 aromatic carbocycles. The van der Waals surface area contributed by atoms with Crippen molar-refractivity contribution >= 4 is 12.6 Å². The molecule has 0 atom stereocenters. The summed E-state index contributed by atoms with van der Waals surface area (Å²) in [5.74, 6) is 1.19. The molecule has 1 aromatic heterocycles. The largest absolute Gasteiger partial charge is 0.500 e. The van der Waals surface area contributed by atoms with Crippen LogP contribution in [0, 0.1) is 0 Å². The van der Waals surface area contributed by atoms with Crippen LogP contribution in [0.15, 0.2) is 12.3 Å². The van der Waals surface area contributed by atoms with Crippen LogP contribution in [0.4, 0.5) is 0 Å². The Kier molecular flexibility index (Phi) is 3.98. The summed E-state index contributed by atoms with van der Waals surface area (Å²) in [6, 6.07) is 1.75. The van der Waals surface area contributed by atoms with Gasteiger partial charge in [-0.05, 0) is 34.6 Å². The molecule has 20 heavy (non-hydrogen) atoms. The Morgan fingerprint density at radius 1 is 1.20 bits per heavy atom. The first-order valence-electron chi connectivity index (χ1n) is 6.83. The van der Waals surface area contributed by atoms with E-state index in [0.29, 0.717) is 18.2 Å². The molecule has 0 spiro atoms. The predicted octanol–water partition coefficient (Wildman–Crippen LogP) is 1.79. The Balaban J connectivity index is 2.34. The number of hydrogen-bond donors (Lipinski definition) is 0.